The Hall–Kier alpha value is -3.29. The van der Waals surface area contributed by atoms with Gasteiger partial charge in [-0.15, -0.1) is 0 Å². The molecule has 2 aromatic carbocycles. The van der Waals surface area contributed by atoms with E-state index in [1.807, 2.05) is 36.5 Å². The Morgan fingerprint density at radius 2 is 1.76 bits per heavy atom. The minimum absolute atomic E-state index is 0.116. The predicted molar refractivity (Wildman–Crippen MR) is 102 cm³/mol. The van der Waals surface area contributed by atoms with Crippen LogP contribution in [0.5, 0.6) is 5.75 Å². The average molecular weight is 403 g/mol. The van der Waals surface area contributed by atoms with Gasteiger partial charge in [-0.1, -0.05) is 30.3 Å². The number of aryl methyl sites for hydroxylation is 1. The number of nitrogens with zero attached hydrogens (tertiary/aromatic N) is 2. The summed E-state index contributed by atoms with van der Waals surface area (Å²) in [5.74, 6) is 0.0164. The van der Waals surface area contributed by atoms with Crippen molar-refractivity contribution in [2.45, 2.75) is 25.6 Å². The van der Waals surface area contributed by atoms with Crippen LogP contribution in [0, 0.1) is 0 Å². The summed E-state index contributed by atoms with van der Waals surface area (Å²) in [6, 6.07) is 15.8. The summed E-state index contributed by atoms with van der Waals surface area (Å²) in [6.45, 7) is -1.04. The first-order valence-electron chi connectivity index (χ1n) is 9.03. The molecule has 152 valence electrons. The molecular weight excluding hydrogens is 383 g/mol. The SMILES string of the molecule is O=C(CCc1cnn(-c2ccccc2)c1)NCc1ccc(OCC(F)(F)F)cc1. The van der Waals surface area contributed by atoms with Crippen LogP contribution in [0.4, 0.5) is 13.2 Å². The second kappa shape index (κ2) is 9.27. The van der Waals surface area contributed by atoms with E-state index in [2.05, 4.69) is 15.2 Å². The molecule has 0 spiro atoms. The molecule has 0 aliphatic carbocycles. The third kappa shape index (κ3) is 6.67. The van der Waals surface area contributed by atoms with Gasteiger partial charge < -0.3 is 10.1 Å². The average Bonchev–Trinajstić information content (AvgIpc) is 3.19. The summed E-state index contributed by atoms with van der Waals surface area (Å²) in [7, 11) is 0. The quantitative estimate of drug-likeness (QED) is 0.617. The van der Waals surface area contributed by atoms with Crippen LogP contribution < -0.4 is 10.1 Å². The van der Waals surface area contributed by atoms with Gasteiger partial charge in [0.1, 0.15) is 5.75 Å². The fourth-order valence-corrected chi connectivity index (χ4v) is 2.63. The van der Waals surface area contributed by atoms with E-state index in [-0.39, 0.29) is 11.7 Å². The summed E-state index contributed by atoms with van der Waals surface area (Å²) in [5, 5.41) is 7.10. The lowest BCUT2D eigenvalue weighted by Gasteiger charge is -2.10. The van der Waals surface area contributed by atoms with E-state index in [0.717, 1.165) is 16.8 Å². The van der Waals surface area contributed by atoms with E-state index >= 15 is 0 Å². The van der Waals surface area contributed by atoms with Gasteiger partial charge in [0.25, 0.3) is 0 Å². The zero-order valence-corrected chi connectivity index (χ0v) is 15.5. The van der Waals surface area contributed by atoms with Crippen LogP contribution in [-0.2, 0) is 17.8 Å². The molecule has 3 aromatic rings. The van der Waals surface area contributed by atoms with Crippen LogP contribution in [0.1, 0.15) is 17.5 Å². The molecule has 1 aromatic heterocycles. The second-order valence-corrected chi connectivity index (χ2v) is 6.45. The molecule has 0 saturated carbocycles. The number of hydrogen-bond acceptors (Lipinski definition) is 3. The molecule has 1 N–H and O–H groups in total. The third-order valence-corrected chi connectivity index (χ3v) is 4.11. The van der Waals surface area contributed by atoms with E-state index in [1.165, 1.54) is 12.1 Å². The lowest BCUT2D eigenvalue weighted by molar-refractivity contribution is -0.153. The molecule has 0 atom stereocenters. The Labute approximate surface area is 166 Å². The fraction of sp³-hybridized carbons (Fsp3) is 0.238. The van der Waals surface area contributed by atoms with Gasteiger partial charge in [0.2, 0.25) is 5.91 Å². The van der Waals surface area contributed by atoms with Crippen molar-refractivity contribution in [1.82, 2.24) is 15.1 Å². The predicted octanol–water partition coefficient (Wildman–Crippen LogP) is 4.06. The second-order valence-electron chi connectivity index (χ2n) is 6.45. The van der Waals surface area contributed by atoms with E-state index in [9.17, 15) is 18.0 Å². The Morgan fingerprint density at radius 1 is 1.03 bits per heavy atom. The van der Waals surface area contributed by atoms with E-state index in [0.29, 0.717) is 19.4 Å². The number of alkyl halides is 3. The zero-order valence-electron chi connectivity index (χ0n) is 15.5. The number of nitrogens with one attached hydrogen (secondary N) is 1. The van der Waals surface area contributed by atoms with Crippen molar-refractivity contribution in [3.8, 4) is 11.4 Å². The molecule has 1 heterocycles. The summed E-state index contributed by atoms with van der Waals surface area (Å²) < 4.78 is 42.8. The maximum Gasteiger partial charge on any atom is 0.422 e. The first-order valence-corrected chi connectivity index (χ1v) is 9.03. The van der Waals surface area contributed by atoms with Crippen molar-refractivity contribution in [1.29, 1.82) is 0 Å². The van der Waals surface area contributed by atoms with Gasteiger partial charge in [0.15, 0.2) is 6.61 Å². The highest BCUT2D eigenvalue weighted by Gasteiger charge is 2.28. The van der Waals surface area contributed by atoms with Crippen molar-refractivity contribution >= 4 is 5.91 Å². The van der Waals surface area contributed by atoms with Gasteiger partial charge in [-0.25, -0.2) is 4.68 Å². The van der Waals surface area contributed by atoms with Gasteiger partial charge in [-0.2, -0.15) is 18.3 Å². The van der Waals surface area contributed by atoms with Gasteiger partial charge in [-0.3, -0.25) is 4.79 Å². The number of hydrogen-bond donors (Lipinski definition) is 1. The smallest absolute Gasteiger partial charge is 0.422 e. The number of amides is 1. The lowest BCUT2D eigenvalue weighted by atomic mass is 10.2. The normalized spacial score (nSPS) is 11.3. The highest BCUT2D eigenvalue weighted by Crippen LogP contribution is 2.19. The number of aromatic nitrogens is 2. The summed E-state index contributed by atoms with van der Waals surface area (Å²) in [4.78, 5) is 12.1. The van der Waals surface area contributed by atoms with Crippen LogP contribution in [0.25, 0.3) is 5.69 Å². The van der Waals surface area contributed by atoms with Gasteiger partial charge in [0.05, 0.1) is 11.9 Å². The number of ether oxygens (including phenoxy) is 1. The van der Waals surface area contributed by atoms with E-state index in [1.54, 1.807) is 23.0 Å². The molecule has 0 radical (unpaired) electrons. The summed E-state index contributed by atoms with van der Waals surface area (Å²) in [6.07, 6.45) is 0.128. The number of carbonyl (C=O) groups excluding carboxylic acids is 1. The molecule has 1 amide bonds. The maximum atomic E-state index is 12.1. The van der Waals surface area contributed by atoms with Crippen molar-refractivity contribution < 1.29 is 22.7 Å². The topological polar surface area (TPSA) is 56.2 Å². The van der Waals surface area contributed by atoms with E-state index in [4.69, 9.17) is 0 Å². The van der Waals surface area contributed by atoms with Gasteiger partial charge >= 0.3 is 6.18 Å². The molecule has 8 heteroatoms. The summed E-state index contributed by atoms with van der Waals surface area (Å²) in [5.41, 5.74) is 2.68. The highest BCUT2D eigenvalue weighted by atomic mass is 19.4. The molecule has 0 bridgehead atoms. The van der Waals surface area contributed by atoms with Gasteiger partial charge in [0, 0.05) is 19.2 Å². The van der Waals surface area contributed by atoms with Crippen molar-refractivity contribution in [3.05, 3.63) is 78.1 Å². The minimum atomic E-state index is -4.37. The van der Waals surface area contributed by atoms with Crippen LogP contribution in [-0.4, -0.2) is 28.5 Å². The summed E-state index contributed by atoms with van der Waals surface area (Å²) >= 11 is 0. The molecule has 0 fully saturated rings. The molecule has 0 saturated heterocycles. The van der Waals surface area contributed by atoms with Crippen molar-refractivity contribution in [3.63, 3.8) is 0 Å². The maximum absolute atomic E-state index is 12.1. The van der Waals surface area contributed by atoms with Gasteiger partial charge in [-0.05, 0) is 41.8 Å². The first-order chi connectivity index (χ1) is 13.9. The number of halogens is 3. The van der Waals surface area contributed by atoms with Crippen LogP contribution >= 0.6 is 0 Å². The fourth-order valence-electron chi connectivity index (χ4n) is 2.63. The van der Waals surface area contributed by atoms with Crippen LogP contribution in [0.15, 0.2) is 67.0 Å². The minimum Gasteiger partial charge on any atom is -0.484 e. The Kier molecular flexibility index (Phi) is 6.54. The molecule has 29 heavy (non-hydrogen) atoms. The van der Waals surface area contributed by atoms with Crippen LogP contribution in [0.3, 0.4) is 0 Å². The van der Waals surface area contributed by atoms with E-state index < -0.39 is 12.8 Å². The molecular formula is C21H20F3N3O2. The lowest BCUT2D eigenvalue weighted by Crippen LogP contribution is -2.23. The number of carbonyl (C=O) groups is 1. The monoisotopic (exact) mass is 403 g/mol. The largest absolute Gasteiger partial charge is 0.484 e. The number of para-hydroxylation sites is 1. The first kappa shape index (κ1) is 20.4. The third-order valence-electron chi connectivity index (χ3n) is 4.11. The Bertz CT molecular complexity index is 922. The molecule has 0 aliphatic rings. The number of rotatable bonds is 8. The standard InChI is InChI=1S/C21H20F3N3O2/c22-21(23,24)15-29-19-9-6-16(7-10-19)12-25-20(28)11-8-17-13-26-27(14-17)18-4-2-1-3-5-18/h1-7,9-10,13-14H,8,11-12,15H2,(H,25,28). The van der Waals surface area contributed by atoms with Crippen molar-refractivity contribution in [2.24, 2.45) is 0 Å². The Balaban J connectivity index is 1.42. The Morgan fingerprint density at radius 3 is 2.45 bits per heavy atom. The molecule has 3 rings (SSSR count). The van der Waals surface area contributed by atoms with Crippen LogP contribution in [0.2, 0.25) is 0 Å². The number of benzene rings is 2. The molecule has 0 unspecified atom stereocenters. The molecule has 0 aliphatic heterocycles. The highest BCUT2D eigenvalue weighted by molar-refractivity contribution is 5.76. The van der Waals surface area contributed by atoms with Crippen molar-refractivity contribution in [2.75, 3.05) is 6.61 Å². The molecule has 5 nitrogen and oxygen atoms in total. The zero-order chi connectivity index (χ0) is 20.7.